The van der Waals surface area contributed by atoms with Gasteiger partial charge in [-0.1, -0.05) is 48.5 Å². The highest BCUT2D eigenvalue weighted by molar-refractivity contribution is 5.75. The summed E-state index contributed by atoms with van der Waals surface area (Å²) in [5, 5.41) is 3.43. The molecule has 0 aliphatic carbocycles. The van der Waals surface area contributed by atoms with E-state index in [9.17, 15) is 0 Å². The van der Waals surface area contributed by atoms with Gasteiger partial charge in [0.05, 0.1) is 6.04 Å². The number of para-hydroxylation sites is 1. The van der Waals surface area contributed by atoms with Gasteiger partial charge in [-0.15, -0.1) is 0 Å². The van der Waals surface area contributed by atoms with E-state index in [1.807, 2.05) is 24.4 Å². The monoisotopic (exact) mass is 236 g/mol. The molecule has 2 aromatic rings. The van der Waals surface area contributed by atoms with Crippen LogP contribution in [0.2, 0.25) is 0 Å². The number of anilines is 1. The highest BCUT2D eigenvalue weighted by Crippen LogP contribution is 2.27. The number of benzene rings is 2. The molecule has 2 atom stereocenters. The molecule has 3 rings (SSSR count). The third-order valence-electron chi connectivity index (χ3n) is 3.33. The van der Waals surface area contributed by atoms with Gasteiger partial charge in [-0.3, -0.25) is 4.99 Å². The maximum Gasteiger partial charge on any atom is 0.0786 e. The van der Waals surface area contributed by atoms with Crippen molar-refractivity contribution in [3.63, 3.8) is 0 Å². The van der Waals surface area contributed by atoms with Gasteiger partial charge in [-0.2, -0.15) is 0 Å². The Labute approximate surface area is 107 Å². The van der Waals surface area contributed by atoms with Gasteiger partial charge in [0.1, 0.15) is 0 Å². The molecule has 2 nitrogen and oxygen atoms in total. The van der Waals surface area contributed by atoms with E-state index in [2.05, 4.69) is 52.8 Å². The zero-order valence-electron chi connectivity index (χ0n) is 10.2. The van der Waals surface area contributed by atoms with Crippen LogP contribution in [-0.2, 0) is 0 Å². The summed E-state index contributed by atoms with van der Waals surface area (Å²) in [6.07, 6.45) is 2.05. The van der Waals surface area contributed by atoms with Crippen LogP contribution in [0.25, 0.3) is 0 Å². The van der Waals surface area contributed by atoms with Crippen LogP contribution in [0.3, 0.4) is 0 Å². The maximum atomic E-state index is 4.45. The summed E-state index contributed by atoms with van der Waals surface area (Å²) in [6.45, 7) is 0.889. The topological polar surface area (TPSA) is 24.4 Å². The van der Waals surface area contributed by atoms with Crippen LogP contribution >= 0.6 is 0 Å². The van der Waals surface area contributed by atoms with Gasteiger partial charge in [0.25, 0.3) is 0 Å². The average molecular weight is 236 g/mol. The Morgan fingerprint density at radius 3 is 2.17 bits per heavy atom. The minimum Gasteiger partial charge on any atom is -0.383 e. The molecule has 1 heterocycles. The standard InChI is InChI=1S/C16H16N2/c1-3-7-13(8-4-1)15-11-18-16(15)12-17-14-9-5-2-6-10-14/h1-11,15-17H,12H2/t15-,16?/m1/s1. The maximum absolute atomic E-state index is 4.45. The van der Waals surface area contributed by atoms with Crippen molar-refractivity contribution in [3.05, 3.63) is 66.2 Å². The second-order valence-electron chi connectivity index (χ2n) is 4.55. The number of rotatable bonds is 4. The molecule has 2 aromatic carbocycles. The van der Waals surface area contributed by atoms with Crippen molar-refractivity contribution in [1.82, 2.24) is 0 Å². The van der Waals surface area contributed by atoms with Crippen LogP contribution in [-0.4, -0.2) is 18.8 Å². The Kier molecular flexibility index (Phi) is 3.09. The van der Waals surface area contributed by atoms with Crippen molar-refractivity contribution < 1.29 is 0 Å². The van der Waals surface area contributed by atoms with Crippen LogP contribution in [0.5, 0.6) is 0 Å². The molecule has 18 heavy (non-hydrogen) atoms. The van der Waals surface area contributed by atoms with Gasteiger partial charge in [0.15, 0.2) is 0 Å². The minimum absolute atomic E-state index is 0.354. The van der Waals surface area contributed by atoms with Crippen LogP contribution in [0.4, 0.5) is 5.69 Å². The van der Waals surface area contributed by atoms with Crippen molar-refractivity contribution in [3.8, 4) is 0 Å². The Balaban J connectivity index is 1.61. The Hall–Kier alpha value is -2.09. The molecule has 1 aliphatic rings. The molecule has 90 valence electrons. The summed E-state index contributed by atoms with van der Waals surface area (Å²) in [6, 6.07) is 21.2. The summed E-state index contributed by atoms with van der Waals surface area (Å²) < 4.78 is 0. The van der Waals surface area contributed by atoms with Gasteiger partial charge in [-0.25, -0.2) is 0 Å². The van der Waals surface area contributed by atoms with E-state index in [1.54, 1.807) is 0 Å². The van der Waals surface area contributed by atoms with Crippen LogP contribution in [0.1, 0.15) is 11.5 Å². The van der Waals surface area contributed by atoms with E-state index in [-0.39, 0.29) is 0 Å². The molecule has 0 aromatic heterocycles. The molecule has 0 bridgehead atoms. The van der Waals surface area contributed by atoms with E-state index in [0.29, 0.717) is 12.0 Å². The smallest absolute Gasteiger partial charge is 0.0786 e. The first-order chi connectivity index (χ1) is 8.93. The molecule has 0 spiro atoms. The molecule has 0 saturated heterocycles. The first-order valence-corrected chi connectivity index (χ1v) is 6.30. The minimum atomic E-state index is 0.354. The van der Waals surface area contributed by atoms with Gasteiger partial charge in [-0.05, 0) is 17.7 Å². The van der Waals surface area contributed by atoms with Crippen molar-refractivity contribution >= 4 is 11.9 Å². The van der Waals surface area contributed by atoms with E-state index < -0.39 is 0 Å². The fraction of sp³-hybridized carbons (Fsp3) is 0.188. The van der Waals surface area contributed by atoms with Crippen LogP contribution < -0.4 is 5.32 Å². The Morgan fingerprint density at radius 1 is 0.889 bits per heavy atom. The number of nitrogens with one attached hydrogen (secondary N) is 1. The number of aliphatic imine (C=N–C) groups is 1. The Morgan fingerprint density at radius 2 is 1.56 bits per heavy atom. The molecule has 0 radical (unpaired) electrons. The molecular weight excluding hydrogens is 220 g/mol. The van der Waals surface area contributed by atoms with E-state index in [0.717, 1.165) is 12.2 Å². The van der Waals surface area contributed by atoms with E-state index >= 15 is 0 Å². The summed E-state index contributed by atoms with van der Waals surface area (Å²) >= 11 is 0. The van der Waals surface area contributed by atoms with Crippen molar-refractivity contribution in [1.29, 1.82) is 0 Å². The zero-order chi connectivity index (χ0) is 12.2. The predicted molar refractivity (Wildman–Crippen MR) is 76.4 cm³/mol. The van der Waals surface area contributed by atoms with Crippen molar-refractivity contribution in [2.75, 3.05) is 11.9 Å². The lowest BCUT2D eigenvalue weighted by atomic mass is 9.88. The number of hydrogen-bond acceptors (Lipinski definition) is 2. The van der Waals surface area contributed by atoms with Gasteiger partial charge in [0.2, 0.25) is 0 Å². The third kappa shape index (κ3) is 2.28. The second kappa shape index (κ2) is 5.05. The molecule has 0 saturated carbocycles. The Bertz CT molecular complexity index is 519. The van der Waals surface area contributed by atoms with E-state index in [4.69, 9.17) is 0 Å². The average Bonchev–Trinajstić information content (AvgIpc) is 2.40. The van der Waals surface area contributed by atoms with Gasteiger partial charge >= 0.3 is 0 Å². The summed E-state index contributed by atoms with van der Waals surface area (Å²) in [5.41, 5.74) is 2.51. The SMILES string of the molecule is C1=NC(CNc2ccccc2)[C@H]1c1ccccc1. The summed E-state index contributed by atoms with van der Waals surface area (Å²) in [5.74, 6) is 0.461. The highest BCUT2D eigenvalue weighted by atomic mass is 15.0. The van der Waals surface area contributed by atoms with Gasteiger partial charge < -0.3 is 5.32 Å². The molecule has 0 fully saturated rings. The van der Waals surface area contributed by atoms with Crippen LogP contribution in [0.15, 0.2) is 65.7 Å². The third-order valence-corrected chi connectivity index (χ3v) is 3.33. The zero-order valence-corrected chi connectivity index (χ0v) is 10.2. The van der Waals surface area contributed by atoms with Gasteiger partial charge in [0, 0.05) is 24.4 Å². The first-order valence-electron chi connectivity index (χ1n) is 6.30. The molecule has 1 aliphatic heterocycles. The van der Waals surface area contributed by atoms with Crippen molar-refractivity contribution in [2.45, 2.75) is 12.0 Å². The normalized spacial score (nSPS) is 21.3. The fourth-order valence-electron chi connectivity index (χ4n) is 2.24. The lowest BCUT2D eigenvalue weighted by molar-refractivity contribution is 0.615. The lowest BCUT2D eigenvalue weighted by Gasteiger charge is -2.29. The molecule has 1 unspecified atom stereocenters. The van der Waals surface area contributed by atoms with E-state index in [1.165, 1.54) is 5.56 Å². The quantitative estimate of drug-likeness (QED) is 0.865. The first kappa shape index (κ1) is 11.0. The predicted octanol–water partition coefficient (Wildman–Crippen LogP) is 3.34. The molecule has 2 heteroatoms. The lowest BCUT2D eigenvalue weighted by Crippen LogP contribution is -2.33. The number of hydrogen-bond donors (Lipinski definition) is 1. The molecule has 1 N–H and O–H groups in total. The summed E-state index contributed by atoms with van der Waals surface area (Å²) in [7, 11) is 0. The largest absolute Gasteiger partial charge is 0.383 e. The van der Waals surface area contributed by atoms with Crippen LogP contribution in [0, 0.1) is 0 Å². The summed E-state index contributed by atoms with van der Waals surface area (Å²) in [4.78, 5) is 4.45. The molecular formula is C16H16N2. The number of nitrogens with zero attached hydrogens (tertiary/aromatic N) is 1. The second-order valence-corrected chi connectivity index (χ2v) is 4.55. The molecule has 0 amide bonds. The fourth-order valence-corrected chi connectivity index (χ4v) is 2.24. The van der Waals surface area contributed by atoms with Crippen molar-refractivity contribution in [2.24, 2.45) is 4.99 Å². The highest BCUT2D eigenvalue weighted by Gasteiger charge is 2.26.